The van der Waals surface area contributed by atoms with Crippen LogP contribution >= 0.6 is 0 Å². The minimum Gasteiger partial charge on any atom is -0.350 e. The van der Waals surface area contributed by atoms with E-state index in [1.165, 1.54) is 16.8 Å². The molecule has 1 atom stereocenters. The van der Waals surface area contributed by atoms with Crippen molar-refractivity contribution in [1.29, 1.82) is 0 Å². The molecule has 2 aromatic carbocycles. The smallest absolute Gasteiger partial charge is 0.275 e. The van der Waals surface area contributed by atoms with Gasteiger partial charge in [0.2, 0.25) is 5.43 Å². The molecule has 6 heteroatoms. The molecule has 1 N–H and O–H groups in total. The summed E-state index contributed by atoms with van der Waals surface area (Å²) in [7, 11) is 0. The molecule has 0 aliphatic rings. The molecule has 0 aliphatic carbocycles. The van der Waals surface area contributed by atoms with Crippen molar-refractivity contribution in [2.75, 3.05) is 6.54 Å². The lowest BCUT2D eigenvalue weighted by Gasteiger charge is -2.16. The number of aryl methyl sites for hydroxylation is 1. The van der Waals surface area contributed by atoms with Crippen molar-refractivity contribution >= 4 is 5.91 Å². The molecule has 0 bridgehead atoms. The van der Waals surface area contributed by atoms with E-state index in [1.807, 2.05) is 37.3 Å². The number of amides is 1. The maximum Gasteiger partial charge on any atom is 0.275 e. The number of aromatic nitrogens is 2. The van der Waals surface area contributed by atoms with E-state index < -0.39 is 17.2 Å². The Hall–Kier alpha value is -3.28. The second-order valence-electron chi connectivity index (χ2n) is 6.59. The van der Waals surface area contributed by atoms with Gasteiger partial charge in [-0.2, -0.15) is 5.10 Å². The molecule has 5 nitrogen and oxygen atoms in total. The topological polar surface area (TPSA) is 64.0 Å². The third kappa shape index (κ3) is 4.17. The summed E-state index contributed by atoms with van der Waals surface area (Å²) in [6.45, 7) is 4.07. The number of nitrogens with one attached hydrogen (secondary N) is 1. The number of hydrogen-bond donors (Lipinski definition) is 1. The summed E-state index contributed by atoms with van der Waals surface area (Å²) in [6, 6.07) is 17.2. The maximum absolute atomic E-state index is 14.1. The van der Waals surface area contributed by atoms with Gasteiger partial charge < -0.3 is 5.32 Å². The first-order chi connectivity index (χ1) is 13.5. The average molecular weight is 379 g/mol. The predicted molar refractivity (Wildman–Crippen MR) is 106 cm³/mol. The largest absolute Gasteiger partial charge is 0.350 e. The molecule has 28 heavy (non-hydrogen) atoms. The van der Waals surface area contributed by atoms with E-state index in [-0.39, 0.29) is 17.3 Å². The van der Waals surface area contributed by atoms with E-state index in [0.717, 1.165) is 12.0 Å². The van der Waals surface area contributed by atoms with Crippen LogP contribution in [0.4, 0.5) is 4.39 Å². The van der Waals surface area contributed by atoms with Crippen LogP contribution in [0.2, 0.25) is 0 Å². The average Bonchev–Trinajstić information content (AvgIpc) is 2.70. The second kappa shape index (κ2) is 8.61. The van der Waals surface area contributed by atoms with Crippen LogP contribution in [0.25, 0.3) is 5.69 Å². The number of benzene rings is 2. The van der Waals surface area contributed by atoms with E-state index in [2.05, 4.69) is 10.4 Å². The fourth-order valence-corrected chi connectivity index (χ4v) is 3.09. The van der Waals surface area contributed by atoms with Crippen LogP contribution in [0.1, 0.15) is 41.0 Å². The third-order valence-electron chi connectivity index (χ3n) is 4.68. The van der Waals surface area contributed by atoms with Gasteiger partial charge in [0.15, 0.2) is 5.69 Å². The summed E-state index contributed by atoms with van der Waals surface area (Å²) in [4.78, 5) is 24.9. The molecule has 0 unspecified atom stereocenters. The molecule has 3 rings (SSSR count). The molecule has 3 aromatic rings. The van der Waals surface area contributed by atoms with Gasteiger partial charge in [0, 0.05) is 24.2 Å². The Morgan fingerprint density at radius 3 is 2.50 bits per heavy atom. The molecular formula is C22H22FN3O2. The molecule has 1 heterocycles. The highest BCUT2D eigenvalue weighted by Gasteiger charge is 2.18. The molecule has 0 aliphatic heterocycles. The van der Waals surface area contributed by atoms with Gasteiger partial charge >= 0.3 is 0 Å². The molecule has 0 saturated heterocycles. The number of hydrogen-bond acceptors (Lipinski definition) is 3. The van der Waals surface area contributed by atoms with Crippen LogP contribution in [0.15, 0.2) is 65.5 Å². The van der Waals surface area contributed by atoms with Crippen molar-refractivity contribution in [2.45, 2.75) is 26.2 Å². The fourth-order valence-electron chi connectivity index (χ4n) is 3.09. The van der Waals surface area contributed by atoms with Crippen molar-refractivity contribution in [2.24, 2.45) is 0 Å². The second-order valence-corrected chi connectivity index (χ2v) is 6.59. The van der Waals surface area contributed by atoms with Crippen LogP contribution in [-0.2, 0) is 0 Å². The lowest BCUT2D eigenvalue weighted by Crippen LogP contribution is -2.34. The van der Waals surface area contributed by atoms with Gasteiger partial charge in [0.1, 0.15) is 11.5 Å². The summed E-state index contributed by atoms with van der Waals surface area (Å²) in [5.41, 5.74) is 1.00. The molecule has 0 spiro atoms. The van der Waals surface area contributed by atoms with E-state index >= 15 is 0 Å². The summed E-state index contributed by atoms with van der Waals surface area (Å²) < 4.78 is 15.4. The van der Waals surface area contributed by atoms with Gasteiger partial charge in [-0.15, -0.1) is 0 Å². The molecule has 0 fully saturated rings. The van der Waals surface area contributed by atoms with Crippen LogP contribution in [0.3, 0.4) is 0 Å². The van der Waals surface area contributed by atoms with Gasteiger partial charge in [0.25, 0.3) is 5.91 Å². The molecule has 1 amide bonds. The Bertz CT molecular complexity index is 1030. The van der Waals surface area contributed by atoms with Crippen LogP contribution < -0.4 is 10.7 Å². The summed E-state index contributed by atoms with van der Waals surface area (Å²) in [6.07, 6.45) is 0.838. The lowest BCUT2D eigenvalue weighted by molar-refractivity contribution is 0.0943. The Labute approximate surface area is 162 Å². The minimum atomic E-state index is -0.565. The van der Waals surface area contributed by atoms with Crippen LogP contribution in [-0.4, -0.2) is 22.2 Å². The SMILES string of the molecule is CC[C@@H](CNC(=O)c1nn(-c2ccccc2F)c(C)cc1=O)c1ccccc1. The number of halogens is 1. The highest BCUT2D eigenvalue weighted by Crippen LogP contribution is 2.18. The van der Waals surface area contributed by atoms with E-state index in [1.54, 1.807) is 25.1 Å². The van der Waals surface area contributed by atoms with Gasteiger partial charge in [-0.05, 0) is 31.0 Å². The van der Waals surface area contributed by atoms with E-state index in [9.17, 15) is 14.0 Å². The monoisotopic (exact) mass is 379 g/mol. The third-order valence-corrected chi connectivity index (χ3v) is 4.68. The molecular weight excluding hydrogens is 357 g/mol. The number of para-hydroxylation sites is 1. The molecule has 144 valence electrons. The maximum atomic E-state index is 14.1. The van der Waals surface area contributed by atoms with Crippen molar-refractivity contribution < 1.29 is 9.18 Å². The van der Waals surface area contributed by atoms with Crippen LogP contribution in [0, 0.1) is 12.7 Å². The normalized spacial score (nSPS) is 11.8. The van der Waals surface area contributed by atoms with Crippen LogP contribution in [0.5, 0.6) is 0 Å². The van der Waals surface area contributed by atoms with Gasteiger partial charge in [-0.1, -0.05) is 49.4 Å². The zero-order valence-corrected chi connectivity index (χ0v) is 15.9. The first-order valence-corrected chi connectivity index (χ1v) is 9.20. The first-order valence-electron chi connectivity index (χ1n) is 9.20. The number of carbonyl (C=O) groups excluding carboxylic acids is 1. The Balaban J connectivity index is 1.85. The zero-order valence-electron chi connectivity index (χ0n) is 15.9. The van der Waals surface area contributed by atoms with Gasteiger partial charge in [0.05, 0.1) is 0 Å². The number of rotatable bonds is 6. The standard InChI is InChI=1S/C22H22FN3O2/c1-3-16(17-9-5-4-6-10-17)14-24-22(28)21-20(27)13-15(2)26(25-21)19-12-8-7-11-18(19)23/h4-13,16H,3,14H2,1-2H3,(H,24,28)/t16-/m0/s1. The first kappa shape index (κ1) is 19.5. The van der Waals surface area contributed by atoms with Gasteiger partial charge in [-0.25, -0.2) is 9.07 Å². The van der Waals surface area contributed by atoms with Crippen molar-refractivity contribution in [3.63, 3.8) is 0 Å². The highest BCUT2D eigenvalue weighted by atomic mass is 19.1. The van der Waals surface area contributed by atoms with Crippen molar-refractivity contribution in [3.8, 4) is 5.69 Å². The quantitative estimate of drug-likeness (QED) is 0.712. The van der Waals surface area contributed by atoms with Crippen molar-refractivity contribution in [3.05, 3.63) is 93.7 Å². The summed E-state index contributed by atoms with van der Waals surface area (Å²) >= 11 is 0. The Morgan fingerprint density at radius 1 is 1.14 bits per heavy atom. The molecule has 0 radical (unpaired) electrons. The summed E-state index contributed by atoms with van der Waals surface area (Å²) in [5.74, 6) is -0.919. The predicted octanol–water partition coefficient (Wildman–Crippen LogP) is 3.60. The molecule has 1 aromatic heterocycles. The fraction of sp³-hybridized carbons (Fsp3) is 0.227. The number of carbonyl (C=O) groups is 1. The van der Waals surface area contributed by atoms with E-state index in [0.29, 0.717) is 12.2 Å². The molecule has 0 saturated carbocycles. The highest BCUT2D eigenvalue weighted by molar-refractivity contribution is 5.92. The lowest BCUT2D eigenvalue weighted by atomic mass is 9.96. The zero-order chi connectivity index (χ0) is 20.1. The number of nitrogens with zero attached hydrogens (tertiary/aromatic N) is 2. The Kier molecular flexibility index (Phi) is 5.99. The Morgan fingerprint density at radius 2 is 1.82 bits per heavy atom. The minimum absolute atomic E-state index is 0.129. The van der Waals surface area contributed by atoms with Crippen molar-refractivity contribution in [1.82, 2.24) is 15.1 Å². The van der Waals surface area contributed by atoms with Gasteiger partial charge in [-0.3, -0.25) is 9.59 Å². The summed E-state index contributed by atoms with van der Waals surface area (Å²) in [5, 5.41) is 6.92. The van der Waals surface area contributed by atoms with E-state index in [4.69, 9.17) is 0 Å².